The Balaban J connectivity index is 1.94. The third-order valence-corrected chi connectivity index (χ3v) is 5.20. The molecule has 0 atom stereocenters. The van der Waals surface area contributed by atoms with Crippen molar-refractivity contribution in [3.8, 4) is 11.8 Å². The number of hydrogen-bond acceptors (Lipinski definition) is 3. The Hall–Kier alpha value is -1.21. The van der Waals surface area contributed by atoms with Crippen LogP contribution in [-0.4, -0.2) is 11.7 Å². The van der Waals surface area contributed by atoms with Gasteiger partial charge in [0.25, 0.3) is 0 Å². The lowest BCUT2D eigenvalue weighted by molar-refractivity contribution is 0.305. The summed E-state index contributed by atoms with van der Waals surface area (Å²) in [5.74, 6) is 7.02. The average molecular weight is 302 g/mol. The molecule has 0 aliphatic heterocycles. The van der Waals surface area contributed by atoms with Gasteiger partial charge < -0.3 is 5.11 Å². The Labute approximate surface area is 129 Å². The summed E-state index contributed by atoms with van der Waals surface area (Å²) in [6.45, 7) is 4.42. The molecule has 0 spiro atoms. The van der Waals surface area contributed by atoms with E-state index in [1.54, 1.807) is 11.3 Å². The Morgan fingerprint density at radius 2 is 2.00 bits per heavy atom. The van der Waals surface area contributed by atoms with Crippen LogP contribution in [0.25, 0.3) is 0 Å². The topological polar surface area (TPSA) is 20.2 Å². The van der Waals surface area contributed by atoms with Gasteiger partial charge in [-0.15, -0.1) is 23.1 Å². The fourth-order valence-corrected chi connectivity index (χ4v) is 3.61. The quantitative estimate of drug-likeness (QED) is 0.667. The van der Waals surface area contributed by atoms with Crippen LogP contribution in [-0.2, 0) is 5.75 Å². The van der Waals surface area contributed by atoms with E-state index in [1.807, 2.05) is 11.8 Å². The number of aryl methyl sites for hydroxylation is 2. The van der Waals surface area contributed by atoms with Gasteiger partial charge in [0.15, 0.2) is 0 Å². The van der Waals surface area contributed by atoms with Crippen LogP contribution < -0.4 is 0 Å². The first kappa shape index (κ1) is 15.2. The molecule has 1 aromatic carbocycles. The van der Waals surface area contributed by atoms with Gasteiger partial charge in [-0.2, -0.15) is 0 Å². The molecule has 1 N–H and O–H groups in total. The van der Waals surface area contributed by atoms with Gasteiger partial charge in [0.05, 0.1) is 11.5 Å². The van der Waals surface area contributed by atoms with Crippen molar-refractivity contribution < 1.29 is 5.11 Å². The molecule has 1 aromatic heterocycles. The molecular formula is C17H18OS2. The Bertz CT molecular complexity index is 632. The highest BCUT2D eigenvalue weighted by molar-refractivity contribution is 7.98. The zero-order chi connectivity index (χ0) is 14.4. The molecule has 2 aromatic rings. The predicted octanol–water partition coefficient (Wildman–Crippen LogP) is 4.39. The second kappa shape index (κ2) is 7.54. The van der Waals surface area contributed by atoms with Gasteiger partial charge in [-0.25, -0.2) is 0 Å². The standard InChI is InChI=1S/C17H18OS2/c1-13-6-7-16(11-14(13)2)19-12-17-9-8-15(20-17)5-3-4-10-18/h6-9,11,18H,4,10,12H2,1-2H3. The number of rotatable bonds is 4. The van der Waals surface area contributed by atoms with Crippen molar-refractivity contribution in [3.63, 3.8) is 0 Å². The van der Waals surface area contributed by atoms with Gasteiger partial charge in [-0.05, 0) is 49.2 Å². The van der Waals surface area contributed by atoms with Gasteiger partial charge >= 0.3 is 0 Å². The summed E-state index contributed by atoms with van der Waals surface area (Å²) >= 11 is 3.59. The SMILES string of the molecule is Cc1ccc(SCc2ccc(C#CCCO)s2)cc1C. The molecule has 1 heterocycles. The summed E-state index contributed by atoms with van der Waals surface area (Å²) in [5.41, 5.74) is 2.68. The zero-order valence-electron chi connectivity index (χ0n) is 11.8. The van der Waals surface area contributed by atoms with E-state index in [9.17, 15) is 0 Å². The van der Waals surface area contributed by atoms with E-state index in [0.29, 0.717) is 6.42 Å². The summed E-state index contributed by atoms with van der Waals surface area (Å²) in [5, 5.41) is 8.70. The van der Waals surface area contributed by atoms with E-state index in [1.165, 1.54) is 20.9 Å². The first-order valence-corrected chi connectivity index (χ1v) is 8.38. The Kier molecular flexibility index (Phi) is 5.72. The number of hydrogen-bond donors (Lipinski definition) is 1. The smallest absolute Gasteiger partial charge is 0.0771 e. The highest BCUT2D eigenvalue weighted by Crippen LogP contribution is 2.27. The second-order valence-corrected chi connectivity index (χ2v) is 6.79. The monoisotopic (exact) mass is 302 g/mol. The van der Waals surface area contributed by atoms with Crippen LogP contribution in [0.15, 0.2) is 35.2 Å². The predicted molar refractivity (Wildman–Crippen MR) is 88.4 cm³/mol. The van der Waals surface area contributed by atoms with E-state index in [2.05, 4.69) is 56.0 Å². The van der Waals surface area contributed by atoms with Crippen LogP contribution in [0.1, 0.15) is 27.3 Å². The second-order valence-electron chi connectivity index (χ2n) is 4.58. The van der Waals surface area contributed by atoms with E-state index in [-0.39, 0.29) is 6.61 Å². The highest BCUT2D eigenvalue weighted by Gasteiger charge is 2.01. The number of thiophene rings is 1. The summed E-state index contributed by atoms with van der Waals surface area (Å²) < 4.78 is 0. The molecule has 3 heteroatoms. The number of benzene rings is 1. The first-order valence-electron chi connectivity index (χ1n) is 6.57. The largest absolute Gasteiger partial charge is 0.395 e. The molecule has 0 fully saturated rings. The summed E-state index contributed by atoms with van der Waals surface area (Å²) in [6, 6.07) is 10.8. The summed E-state index contributed by atoms with van der Waals surface area (Å²) in [6.07, 6.45) is 0.546. The lowest BCUT2D eigenvalue weighted by Crippen LogP contribution is -1.81. The molecule has 0 unspecified atom stereocenters. The minimum Gasteiger partial charge on any atom is -0.395 e. The van der Waals surface area contributed by atoms with Crippen LogP contribution in [0.4, 0.5) is 0 Å². The molecule has 0 aliphatic rings. The maximum absolute atomic E-state index is 8.70. The molecular weight excluding hydrogens is 284 g/mol. The molecule has 0 amide bonds. The molecule has 0 radical (unpaired) electrons. The van der Waals surface area contributed by atoms with E-state index in [4.69, 9.17) is 5.11 Å². The Morgan fingerprint density at radius 3 is 2.75 bits per heavy atom. The molecule has 0 saturated heterocycles. The van der Waals surface area contributed by atoms with Crippen molar-refractivity contribution in [2.75, 3.05) is 6.61 Å². The van der Waals surface area contributed by atoms with Crippen LogP contribution in [0, 0.1) is 25.7 Å². The van der Waals surface area contributed by atoms with E-state index < -0.39 is 0 Å². The van der Waals surface area contributed by atoms with Crippen molar-refractivity contribution in [2.24, 2.45) is 0 Å². The molecule has 20 heavy (non-hydrogen) atoms. The third kappa shape index (κ3) is 4.42. The molecule has 1 nitrogen and oxygen atoms in total. The van der Waals surface area contributed by atoms with Gasteiger partial charge in [0.1, 0.15) is 0 Å². The first-order chi connectivity index (χ1) is 9.69. The van der Waals surface area contributed by atoms with Crippen molar-refractivity contribution in [2.45, 2.75) is 30.9 Å². The molecule has 0 bridgehead atoms. The van der Waals surface area contributed by atoms with Gasteiger partial charge in [-0.1, -0.05) is 17.9 Å². The number of thioether (sulfide) groups is 1. The van der Waals surface area contributed by atoms with Crippen molar-refractivity contribution in [3.05, 3.63) is 51.2 Å². The molecule has 0 aliphatic carbocycles. The van der Waals surface area contributed by atoms with Crippen LogP contribution in [0.2, 0.25) is 0 Å². The van der Waals surface area contributed by atoms with Gasteiger partial charge in [-0.3, -0.25) is 0 Å². The molecule has 2 rings (SSSR count). The minimum atomic E-state index is 0.133. The van der Waals surface area contributed by atoms with E-state index >= 15 is 0 Å². The van der Waals surface area contributed by atoms with Gasteiger partial charge in [0.2, 0.25) is 0 Å². The average Bonchev–Trinajstić information content (AvgIpc) is 2.88. The maximum atomic E-state index is 8.70. The molecule has 0 saturated carbocycles. The number of aliphatic hydroxyl groups excluding tert-OH is 1. The maximum Gasteiger partial charge on any atom is 0.0771 e. The normalized spacial score (nSPS) is 10.2. The minimum absolute atomic E-state index is 0.133. The van der Waals surface area contributed by atoms with Crippen molar-refractivity contribution in [1.29, 1.82) is 0 Å². The third-order valence-electron chi connectivity index (χ3n) is 2.97. The number of aliphatic hydroxyl groups is 1. The van der Waals surface area contributed by atoms with Crippen LogP contribution >= 0.6 is 23.1 Å². The van der Waals surface area contributed by atoms with Crippen LogP contribution in [0.3, 0.4) is 0 Å². The highest BCUT2D eigenvalue weighted by atomic mass is 32.2. The fourth-order valence-electron chi connectivity index (χ4n) is 1.69. The van der Waals surface area contributed by atoms with Crippen molar-refractivity contribution >= 4 is 23.1 Å². The lowest BCUT2D eigenvalue weighted by atomic mass is 10.1. The van der Waals surface area contributed by atoms with Gasteiger partial charge in [0, 0.05) is 21.9 Å². The summed E-state index contributed by atoms with van der Waals surface area (Å²) in [4.78, 5) is 3.73. The fraction of sp³-hybridized carbons (Fsp3) is 0.294. The summed E-state index contributed by atoms with van der Waals surface area (Å²) in [7, 11) is 0. The zero-order valence-corrected chi connectivity index (χ0v) is 13.4. The van der Waals surface area contributed by atoms with Crippen molar-refractivity contribution in [1.82, 2.24) is 0 Å². The van der Waals surface area contributed by atoms with Crippen LogP contribution in [0.5, 0.6) is 0 Å². The lowest BCUT2D eigenvalue weighted by Gasteiger charge is -2.04. The van der Waals surface area contributed by atoms with E-state index in [0.717, 1.165) is 10.6 Å². The Morgan fingerprint density at radius 1 is 1.15 bits per heavy atom. The molecule has 104 valence electrons.